The summed E-state index contributed by atoms with van der Waals surface area (Å²) in [6.07, 6.45) is -2.65. The lowest BCUT2D eigenvalue weighted by atomic mass is 10.2. The molecule has 0 amide bonds. The monoisotopic (exact) mass is 351 g/mol. The maximum absolute atomic E-state index is 11.0. The van der Waals surface area contributed by atoms with E-state index in [2.05, 4.69) is 4.74 Å². The molecule has 0 radical (unpaired) electrons. The number of nitrogens with two attached hydrogens (primary N) is 1. The van der Waals surface area contributed by atoms with Crippen LogP contribution in [0.5, 0.6) is 0 Å². The van der Waals surface area contributed by atoms with Gasteiger partial charge in [0, 0.05) is 0 Å². The van der Waals surface area contributed by atoms with Gasteiger partial charge in [-0.05, 0) is 41.5 Å². The third-order valence-electron chi connectivity index (χ3n) is 1.66. The zero-order valence-corrected chi connectivity index (χ0v) is 14.6. The minimum atomic E-state index is -1.29. The summed E-state index contributed by atoms with van der Waals surface area (Å²) in [5, 5.41) is 16.0. The summed E-state index contributed by atoms with van der Waals surface area (Å²) >= 11 is 0. The van der Waals surface area contributed by atoms with E-state index in [0.717, 1.165) is 0 Å². The standard InChI is InChI=1S/C10H18O5.C4H7NO4/c1-9(2,3)14-7(11)13-8(12)15-10(4,5)6;5-2(4(8)9)1-3(6)7/h1-6H3;2H,1,5H2,(H,6,7)(H,8,9). The van der Waals surface area contributed by atoms with Gasteiger partial charge in [-0.15, -0.1) is 0 Å². The SMILES string of the molecule is CC(C)(C)OC(=O)OC(=O)OC(C)(C)C.NC(CC(=O)O)C(=O)O. The van der Waals surface area contributed by atoms with Gasteiger partial charge in [-0.2, -0.15) is 0 Å². The van der Waals surface area contributed by atoms with Crippen LogP contribution < -0.4 is 5.73 Å². The van der Waals surface area contributed by atoms with Crippen LogP contribution in [0.3, 0.4) is 0 Å². The van der Waals surface area contributed by atoms with Gasteiger partial charge in [-0.25, -0.2) is 9.59 Å². The van der Waals surface area contributed by atoms with Gasteiger partial charge >= 0.3 is 24.2 Å². The lowest BCUT2D eigenvalue weighted by Gasteiger charge is -2.20. The Balaban J connectivity index is 0. The molecule has 0 heterocycles. The Kier molecular flexibility index (Phi) is 9.67. The number of carboxylic acid groups (broad SMARTS) is 2. The highest BCUT2D eigenvalue weighted by atomic mass is 16.8. The highest BCUT2D eigenvalue weighted by Crippen LogP contribution is 2.11. The number of ether oxygens (including phenoxy) is 3. The zero-order chi connectivity index (χ0) is 19.7. The quantitative estimate of drug-likeness (QED) is 0.504. The first-order valence-corrected chi connectivity index (χ1v) is 6.87. The van der Waals surface area contributed by atoms with Crippen LogP contribution in [0.1, 0.15) is 48.0 Å². The van der Waals surface area contributed by atoms with E-state index in [1.54, 1.807) is 41.5 Å². The molecule has 0 bridgehead atoms. The van der Waals surface area contributed by atoms with Gasteiger partial charge in [0.1, 0.15) is 17.2 Å². The maximum atomic E-state index is 11.0. The fourth-order valence-corrected chi connectivity index (χ4v) is 0.885. The first-order valence-electron chi connectivity index (χ1n) is 6.87. The predicted molar refractivity (Wildman–Crippen MR) is 81.4 cm³/mol. The molecule has 1 atom stereocenters. The fraction of sp³-hybridized carbons (Fsp3) is 0.714. The molecule has 1 unspecified atom stereocenters. The summed E-state index contributed by atoms with van der Waals surface area (Å²) in [6.45, 7) is 10.0. The van der Waals surface area contributed by atoms with E-state index in [0.29, 0.717) is 0 Å². The van der Waals surface area contributed by atoms with E-state index >= 15 is 0 Å². The van der Waals surface area contributed by atoms with Crippen molar-refractivity contribution in [1.82, 2.24) is 0 Å². The van der Waals surface area contributed by atoms with Crippen molar-refractivity contribution in [3.8, 4) is 0 Å². The second-order valence-corrected chi connectivity index (χ2v) is 6.57. The lowest BCUT2D eigenvalue weighted by molar-refractivity contribution is -0.144. The first-order chi connectivity index (χ1) is 10.5. The van der Waals surface area contributed by atoms with Gasteiger partial charge in [-0.3, -0.25) is 9.59 Å². The Morgan fingerprint density at radius 3 is 1.38 bits per heavy atom. The van der Waals surface area contributed by atoms with Crippen molar-refractivity contribution in [1.29, 1.82) is 0 Å². The molecule has 0 aromatic heterocycles. The average Bonchev–Trinajstić information content (AvgIpc) is 2.22. The molecule has 0 aliphatic carbocycles. The molecule has 140 valence electrons. The summed E-state index contributed by atoms with van der Waals surface area (Å²) in [4.78, 5) is 41.6. The highest BCUT2D eigenvalue weighted by molar-refractivity contribution is 5.80. The molecular weight excluding hydrogens is 326 g/mol. The molecule has 0 saturated carbocycles. The molecule has 0 spiro atoms. The van der Waals surface area contributed by atoms with Crippen LogP contribution >= 0.6 is 0 Å². The molecule has 0 fully saturated rings. The number of carboxylic acids is 2. The number of hydrogen-bond donors (Lipinski definition) is 3. The van der Waals surface area contributed by atoms with Gasteiger partial charge < -0.3 is 30.2 Å². The van der Waals surface area contributed by atoms with Gasteiger partial charge in [-0.1, -0.05) is 0 Å². The molecule has 24 heavy (non-hydrogen) atoms. The van der Waals surface area contributed by atoms with Crippen LogP contribution in [0.2, 0.25) is 0 Å². The molecule has 0 rings (SSSR count). The molecule has 0 aromatic carbocycles. The van der Waals surface area contributed by atoms with E-state index < -0.39 is 47.9 Å². The van der Waals surface area contributed by atoms with Gasteiger partial charge in [0.15, 0.2) is 0 Å². The number of rotatable bonds is 3. The largest absolute Gasteiger partial charge is 0.519 e. The minimum Gasteiger partial charge on any atom is -0.481 e. The molecular formula is C14H25NO9. The number of carbonyl (C=O) groups excluding carboxylic acids is 2. The number of hydrogen-bond acceptors (Lipinski definition) is 8. The Morgan fingerprint density at radius 1 is 0.875 bits per heavy atom. The van der Waals surface area contributed by atoms with Crippen LogP contribution in [-0.4, -0.2) is 51.7 Å². The van der Waals surface area contributed by atoms with E-state index in [1.807, 2.05) is 0 Å². The van der Waals surface area contributed by atoms with Crippen molar-refractivity contribution in [2.45, 2.75) is 65.2 Å². The summed E-state index contributed by atoms with van der Waals surface area (Å²) in [7, 11) is 0. The van der Waals surface area contributed by atoms with Crippen molar-refractivity contribution in [3.63, 3.8) is 0 Å². The first kappa shape index (κ1) is 23.9. The molecule has 0 aliphatic heterocycles. The van der Waals surface area contributed by atoms with Crippen LogP contribution in [0.25, 0.3) is 0 Å². The summed E-state index contributed by atoms with van der Waals surface area (Å²) in [6, 6.07) is -1.29. The Morgan fingerprint density at radius 2 is 1.21 bits per heavy atom. The minimum absolute atomic E-state index is 0.532. The Labute approximate surface area is 139 Å². The predicted octanol–water partition coefficient (Wildman–Crippen LogP) is 1.75. The Hall–Kier alpha value is -2.36. The van der Waals surface area contributed by atoms with E-state index in [1.165, 1.54) is 0 Å². The van der Waals surface area contributed by atoms with E-state index in [-0.39, 0.29) is 0 Å². The smallest absolute Gasteiger partial charge is 0.481 e. The third kappa shape index (κ3) is 17.7. The van der Waals surface area contributed by atoms with Gasteiger partial charge in [0.05, 0.1) is 6.42 Å². The normalized spacial score (nSPS) is 12.1. The van der Waals surface area contributed by atoms with Crippen molar-refractivity contribution in [2.75, 3.05) is 0 Å². The van der Waals surface area contributed by atoms with Crippen LogP contribution in [0, 0.1) is 0 Å². The summed E-state index contributed by atoms with van der Waals surface area (Å²) in [5.74, 6) is -2.50. The lowest BCUT2D eigenvalue weighted by Crippen LogP contribution is -2.32. The molecule has 10 heteroatoms. The number of aliphatic carboxylic acids is 2. The third-order valence-corrected chi connectivity index (χ3v) is 1.66. The second kappa shape index (κ2) is 9.71. The molecule has 4 N–H and O–H groups in total. The van der Waals surface area contributed by atoms with Crippen molar-refractivity contribution in [2.24, 2.45) is 5.73 Å². The molecule has 0 aliphatic rings. The van der Waals surface area contributed by atoms with Crippen molar-refractivity contribution < 1.29 is 43.6 Å². The molecule has 0 saturated heterocycles. The maximum Gasteiger partial charge on any atom is 0.519 e. The summed E-state index contributed by atoms with van der Waals surface area (Å²) in [5.41, 5.74) is 3.45. The van der Waals surface area contributed by atoms with Gasteiger partial charge in [0.2, 0.25) is 0 Å². The molecule has 0 aromatic rings. The van der Waals surface area contributed by atoms with Gasteiger partial charge in [0.25, 0.3) is 0 Å². The van der Waals surface area contributed by atoms with Crippen LogP contribution in [0.15, 0.2) is 0 Å². The van der Waals surface area contributed by atoms with Crippen molar-refractivity contribution >= 4 is 24.2 Å². The molecule has 10 nitrogen and oxygen atoms in total. The van der Waals surface area contributed by atoms with E-state index in [9.17, 15) is 19.2 Å². The van der Waals surface area contributed by atoms with Crippen molar-refractivity contribution in [3.05, 3.63) is 0 Å². The second-order valence-electron chi connectivity index (χ2n) is 6.57. The topological polar surface area (TPSA) is 162 Å². The number of carbonyl (C=O) groups is 4. The average molecular weight is 351 g/mol. The highest BCUT2D eigenvalue weighted by Gasteiger charge is 2.24. The van der Waals surface area contributed by atoms with E-state index in [4.69, 9.17) is 25.4 Å². The zero-order valence-electron chi connectivity index (χ0n) is 14.6. The Bertz CT molecular complexity index is 434. The van der Waals surface area contributed by atoms with Crippen LogP contribution in [-0.2, 0) is 23.8 Å². The fourth-order valence-electron chi connectivity index (χ4n) is 0.885. The van der Waals surface area contributed by atoms with Crippen LogP contribution in [0.4, 0.5) is 9.59 Å². The summed E-state index contributed by atoms with van der Waals surface area (Å²) < 4.78 is 13.8.